The van der Waals surface area contributed by atoms with Gasteiger partial charge in [0.1, 0.15) is 0 Å². The number of carbonyl (C=O) groups is 2. The van der Waals surface area contributed by atoms with Gasteiger partial charge in [0.05, 0.1) is 0 Å². The van der Waals surface area contributed by atoms with E-state index in [0.29, 0.717) is 17.7 Å². The monoisotopic (exact) mass is 569 g/mol. The lowest BCUT2D eigenvalue weighted by molar-refractivity contribution is -0.119. The van der Waals surface area contributed by atoms with Crippen molar-refractivity contribution in [3.63, 3.8) is 0 Å². The predicted octanol–water partition coefficient (Wildman–Crippen LogP) is 4.80. The van der Waals surface area contributed by atoms with Crippen molar-refractivity contribution in [1.82, 2.24) is 15.2 Å². The van der Waals surface area contributed by atoms with Gasteiger partial charge in [-0.25, -0.2) is 0 Å². The van der Waals surface area contributed by atoms with Crippen LogP contribution in [-0.2, 0) is 11.3 Å². The van der Waals surface area contributed by atoms with Crippen LogP contribution in [0.5, 0.6) is 0 Å². The molecular formula is C34H43N5O3. The number of hydrogen-bond acceptors (Lipinski definition) is 5. The van der Waals surface area contributed by atoms with E-state index in [9.17, 15) is 14.4 Å². The number of nitrogens with zero attached hydrogens (tertiary/aromatic N) is 3. The van der Waals surface area contributed by atoms with Gasteiger partial charge in [-0.3, -0.25) is 14.4 Å². The van der Waals surface area contributed by atoms with Crippen molar-refractivity contribution in [2.75, 3.05) is 49.1 Å². The molecule has 2 N–H and O–H groups in total. The summed E-state index contributed by atoms with van der Waals surface area (Å²) in [6.45, 7) is 15.7. The molecular weight excluding hydrogens is 526 g/mol. The lowest BCUT2D eigenvalue weighted by Crippen LogP contribution is -2.46. The molecule has 42 heavy (non-hydrogen) atoms. The minimum absolute atomic E-state index is 0.0639. The molecule has 2 amide bonds. The molecule has 222 valence electrons. The standard InChI is InChI=1S/C34H43N5O3/c1-6-37-14-16-38(17-15-37)28-12-10-25(11-13-28)27-19-29(24(5)31(20-27)39(7-2)34(42)26-8-9-26)32(40)35-21-30-22(3)18-23(4)36-33(30)41/h10-13,18-20,26H,6-9,14-17,21H2,1-5H3,(H,35,40)(H,36,41). The van der Waals surface area contributed by atoms with Crippen LogP contribution in [0.3, 0.4) is 0 Å². The molecule has 0 atom stereocenters. The van der Waals surface area contributed by atoms with Crippen LogP contribution in [0.1, 0.15) is 59.4 Å². The van der Waals surface area contributed by atoms with Gasteiger partial charge in [0.15, 0.2) is 0 Å². The maximum Gasteiger partial charge on any atom is 0.253 e. The number of pyridine rings is 1. The van der Waals surface area contributed by atoms with Crippen molar-refractivity contribution in [2.45, 2.75) is 54.0 Å². The Labute approximate surface area is 248 Å². The molecule has 0 unspecified atom stereocenters. The molecule has 1 saturated carbocycles. The lowest BCUT2D eigenvalue weighted by atomic mass is 9.96. The Balaban J connectivity index is 1.47. The molecule has 0 bridgehead atoms. The van der Waals surface area contributed by atoms with Crippen LogP contribution in [0.25, 0.3) is 11.1 Å². The third kappa shape index (κ3) is 6.28. The van der Waals surface area contributed by atoms with E-state index in [1.807, 2.05) is 50.8 Å². The zero-order chi connectivity index (χ0) is 30.0. The SMILES string of the molecule is CCN1CCN(c2ccc(-c3cc(C(=O)NCc4c(C)cc(C)[nH]c4=O)c(C)c(N(CC)C(=O)C4CC4)c3)cc2)CC1. The number of aromatic nitrogens is 1. The summed E-state index contributed by atoms with van der Waals surface area (Å²) in [5.41, 5.74) is 7.06. The fourth-order valence-electron chi connectivity index (χ4n) is 5.93. The van der Waals surface area contributed by atoms with Crippen molar-refractivity contribution in [2.24, 2.45) is 5.92 Å². The summed E-state index contributed by atoms with van der Waals surface area (Å²) in [6.07, 6.45) is 1.83. The lowest BCUT2D eigenvalue weighted by Gasteiger charge is -2.35. The molecule has 1 aliphatic carbocycles. The molecule has 2 fully saturated rings. The first kappa shape index (κ1) is 29.6. The fourth-order valence-corrected chi connectivity index (χ4v) is 5.93. The van der Waals surface area contributed by atoms with Crippen molar-refractivity contribution in [3.8, 4) is 11.1 Å². The van der Waals surface area contributed by atoms with E-state index < -0.39 is 0 Å². The number of likely N-dealkylation sites (N-methyl/N-ethyl adjacent to an activating group) is 1. The molecule has 2 aromatic carbocycles. The topological polar surface area (TPSA) is 88.8 Å². The van der Waals surface area contributed by atoms with Gasteiger partial charge in [0.25, 0.3) is 11.5 Å². The number of H-pyrrole nitrogens is 1. The highest BCUT2D eigenvalue weighted by Gasteiger charge is 2.34. The number of carbonyl (C=O) groups excluding carboxylic acids is 2. The van der Waals surface area contributed by atoms with Crippen LogP contribution in [0.2, 0.25) is 0 Å². The Kier molecular flexibility index (Phi) is 8.82. The highest BCUT2D eigenvalue weighted by molar-refractivity contribution is 6.03. The number of aryl methyl sites for hydroxylation is 2. The Morgan fingerprint density at radius 3 is 2.24 bits per heavy atom. The minimum Gasteiger partial charge on any atom is -0.369 e. The van der Waals surface area contributed by atoms with Crippen LogP contribution < -0.4 is 20.7 Å². The molecule has 8 heteroatoms. The number of piperazine rings is 1. The van der Waals surface area contributed by atoms with Gasteiger partial charge in [-0.2, -0.15) is 0 Å². The molecule has 5 rings (SSSR count). The van der Waals surface area contributed by atoms with E-state index in [0.717, 1.165) is 79.2 Å². The van der Waals surface area contributed by atoms with Gasteiger partial charge < -0.3 is 25.0 Å². The molecule has 2 aliphatic rings. The number of aromatic amines is 1. The zero-order valence-corrected chi connectivity index (χ0v) is 25.5. The Bertz CT molecular complexity index is 1520. The second kappa shape index (κ2) is 12.5. The van der Waals surface area contributed by atoms with E-state index in [1.54, 1.807) is 0 Å². The van der Waals surface area contributed by atoms with Gasteiger partial charge in [-0.15, -0.1) is 0 Å². The highest BCUT2D eigenvalue weighted by Crippen LogP contribution is 2.37. The smallest absolute Gasteiger partial charge is 0.253 e. The van der Waals surface area contributed by atoms with Crippen LogP contribution in [0.4, 0.5) is 11.4 Å². The van der Waals surface area contributed by atoms with E-state index in [1.165, 1.54) is 5.69 Å². The Morgan fingerprint density at radius 1 is 0.952 bits per heavy atom. The predicted molar refractivity (Wildman–Crippen MR) is 169 cm³/mol. The molecule has 2 heterocycles. The maximum absolute atomic E-state index is 13.7. The van der Waals surface area contributed by atoms with Gasteiger partial charge >= 0.3 is 0 Å². The van der Waals surface area contributed by atoms with E-state index in [-0.39, 0.29) is 29.8 Å². The van der Waals surface area contributed by atoms with Gasteiger partial charge in [-0.05, 0) is 99.7 Å². The summed E-state index contributed by atoms with van der Waals surface area (Å²) in [5, 5.41) is 2.97. The Hall–Kier alpha value is -3.91. The second-order valence-corrected chi connectivity index (χ2v) is 11.6. The van der Waals surface area contributed by atoms with E-state index >= 15 is 0 Å². The van der Waals surface area contributed by atoms with Gasteiger partial charge in [0, 0.05) is 73.4 Å². The van der Waals surface area contributed by atoms with E-state index in [2.05, 4.69) is 51.3 Å². The minimum atomic E-state index is -0.268. The number of rotatable bonds is 9. The van der Waals surface area contributed by atoms with Crippen LogP contribution in [-0.4, -0.2) is 61.0 Å². The third-order valence-electron chi connectivity index (χ3n) is 8.73. The fraction of sp³-hybridized carbons (Fsp3) is 0.441. The molecule has 1 aliphatic heterocycles. The normalized spacial score (nSPS) is 15.5. The van der Waals surface area contributed by atoms with Crippen molar-refractivity contribution in [3.05, 3.63) is 80.8 Å². The number of anilines is 2. The highest BCUT2D eigenvalue weighted by atomic mass is 16.2. The molecule has 8 nitrogen and oxygen atoms in total. The summed E-state index contributed by atoms with van der Waals surface area (Å²) in [7, 11) is 0. The van der Waals surface area contributed by atoms with Gasteiger partial charge in [0.2, 0.25) is 5.91 Å². The summed E-state index contributed by atoms with van der Waals surface area (Å²) in [6, 6.07) is 14.4. The summed E-state index contributed by atoms with van der Waals surface area (Å²) < 4.78 is 0. The first-order valence-electron chi connectivity index (χ1n) is 15.2. The Morgan fingerprint density at radius 2 is 1.64 bits per heavy atom. The number of hydrogen-bond donors (Lipinski definition) is 2. The first-order chi connectivity index (χ1) is 20.2. The zero-order valence-electron chi connectivity index (χ0n) is 25.5. The molecule has 0 spiro atoms. The first-order valence-corrected chi connectivity index (χ1v) is 15.2. The van der Waals surface area contributed by atoms with E-state index in [4.69, 9.17) is 0 Å². The number of benzene rings is 2. The van der Waals surface area contributed by atoms with Gasteiger partial charge in [-0.1, -0.05) is 19.1 Å². The summed E-state index contributed by atoms with van der Waals surface area (Å²) >= 11 is 0. The summed E-state index contributed by atoms with van der Waals surface area (Å²) in [4.78, 5) is 49.0. The average molecular weight is 570 g/mol. The quantitative estimate of drug-likeness (QED) is 0.387. The number of amides is 2. The van der Waals surface area contributed by atoms with Crippen molar-refractivity contribution < 1.29 is 9.59 Å². The van der Waals surface area contributed by atoms with Crippen molar-refractivity contribution >= 4 is 23.2 Å². The van der Waals surface area contributed by atoms with Crippen LogP contribution in [0, 0.1) is 26.7 Å². The molecule has 1 saturated heterocycles. The van der Waals surface area contributed by atoms with Crippen LogP contribution >= 0.6 is 0 Å². The van der Waals surface area contributed by atoms with Crippen LogP contribution in [0.15, 0.2) is 47.3 Å². The molecule has 0 radical (unpaired) electrons. The maximum atomic E-state index is 13.7. The third-order valence-corrected chi connectivity index (χ3v) is 8.73. The second-order valence-electron chi connectivity index (χ2n) is 11.6. The molecule has 3 aromatic rings. The molecule has 1 aromatic heterocycles. The largest absolute Gasteiger partial charge is 0.369 e. The summed E-state index contributed by atoms with van der Waals surface area (Å²) in [5.74, 6) is -0.0863. The van der Waals surface area contributed by atoms with Crippen molar-refractivity contribution in [1.29, 1.82) is 0 Å². The number of nitrogens with one attached hydrogen (secondary N) is 2. The average Bonchev–Trinajstić information content (AvgIpc) is 3.84.